The number of hydrogen-bond donors (Lipinski definition) is 4. The SMILES string of the molecule is CCCCCNC(=O)C(Cc1ccc(N2CCCCC2)c(N(C(=O)C(=O)O)c2ccccc2C(=O)O)c1)NC(C)=O. The molecule has 1 aliphatic heterocycles. The minimum absolute atomic E-state index is 0.0716. The molecule has 2 aromatic carbocycles. The molecule has 1 aliphatic rings. The van der Waals surface area contributed by atoms with Gasteiger partial charge in [0.15, 0.2) is 0 Å². The molecule has 0 saturated carbocycles. The second kappa shape index (κ2) is 14.8. The van der Waals surface area contributed by atoms with E-state index in [1.165, 1.54) is 31.2 Å². The Morgan fingerprint density at radius 3 is 2.29 bits per heavy atom. The van der Waals surface area contributed by atoms with Crippen LogP contribution in [0.15, 0.2) is 42.5 Å². The first-order chi connectivity index (χ1) is 19.6. The number of anilines is 3. The first kappa shape index (κ1) is 31.1. The number of nitrogens with zero attached hydrogens (tertiary/aromatic N) is 2. The number of carboxylic acid groups (broad SMARTS) is 2. The second-order valence-electron chi connectivity index (χ2n) is 10.1. The van der Waals surface area contributed by atoms with Crippen LogP contribution in [-0.2, 0) is 25.6 Å². The van der Waals surface area contributed by atoms with Gasteiger partial charge >= 0.3 is 17.8 Å². The molecular formula is C30H38N4O7. The van der Waals surface area contributed by atoms with E-state index >= 15 is 0 Å². The van der Waals surface area contributed by atoms with E-state index in [4.69, 9.17) is 0 Å². The molecule has 0 aromatic heterocycles. The zero-order chi connectivity index (χ0) is 29.9. The fourth-order valence-corrected chi connectivity index (χ4v) is 4.97. The van der Waals surface area contributed by atoms with Gasteiger partial charge in [-0.25, -0.2) is 9.59 Å². The summed E-state index contributed by atoms with van der Waals surface area (Å²) in [6, 6.07) is 9.95. The number of piperidine rings is 1. The van der Waals surface area contributed by atoms with Gasteiger partial charge in [-0.2, -0.15) is 0 Å². The van der Waals surface area contributed by atoms with Crippen LogP contribution in [-0.4, -0.2) is 65.5 Å². The molecule has 220 valence electrons. The highest BCUT2D eigenvalue weighted by atomic mass is 16.4. The third-order valence-electron chi connectivity index (χ3n) is 6.95. The lowest BCUT2D eigenvalue weighted by Crippen LogP contribution is -2.47. The standard InChI is InChI=1S/C30H38N4O7/c1-3-4-8-15-31-27(36)23(32-20(2)35)18-21-13-14-25(33-16-9-5-10-17-33)26(19-21)34(28(37)30(40)41)24-12-7-6-11-22(24)29(38)39/h6-7,11-14,19,23H,3-5,8-10,15-18H2,1-2H3,(H,31,36)(H,32,35)(H,38,39)(H,40,41). The molecule has 4 N–H and O–H groups in total. The van der Waals surface area contributed by atoms with E-state index in [0.29, 0.717) is 30.9 Å². The highest BCUT2D eigenvalue weighted by molar-refractivity contribution is 6.40. The predicted molar refractivity (Wildman–Crippen MR) is 155 cm³/mol. The smallest absolute Gasteiger partial charge is 0.395 e. The van der Waals surface area contributed by atoms with Crippen LogP contribution in [0.5, 0.6) is 0 Å². The van der Waals surface area contributed by atoms with Gasteiger partial charge in [0.25, 0.3) is 0 Å². The van der Waals surface area contributed by atoms with Crippen molar-refractivity contribution in [3.63, 3.8) is 0 Å². The van der Waals surface area contributed by atoms with E-state index in [2.05, 4.69) is 17.6 Å². The number of carboxylic acids is 2. The van der Waals surface area contributed by atoms with Crippen LogP contribution in [0.4, 0.5) is 17.1 Å². The van der Waals surface area contributed by atoms with Crippen LogP contribution >= 0.6 is 0 Å². The molecule has 1 saturated heterocycles. The van der Waals surface area contributed by atoms with Gasteiger partial charge in [-0.1, -0.05) is 38.0 Å². The van der Waals surface area contributed by atoms with E-state index in [9.17, 15) is 34.2 Å². The minimum atomic E-state index is -1.75. The van der Waals surface area contributed by atoms with Crippen molar-refractivity contribution >= 4 is 46.7 Å². The molecule has 1 heterocycles. The molecule has 1 fully saturated rings. The summed E-state index contributed by atoms with van der Waals surface area (Å²) in [7, 11) is 0. The Kier molecular flexibility index (Phi) is 11.3. The minimum Gasteiger partial charge on any atom is -0.478 e. The van der Waals surface area contributed by atoms with Crippen molar-refractivity contribution in [3.05, 3.63) is 53.6 Å². The van der Waals surface area contributed by atoms with Crippen molar-refractivity contribution in [2.75, 3.05) is 29.4 Å². The predicted octanol–water partition coefficient (Wildman–Crippen LogP) is 3.48. The highest BCUT2D eigenvalue weighted by Crippen LogP contribution is 2.38. The van der Waals surface area contributed by atoms with Crippen molar-refractivity contribution in [2.24, 2.45) is 0 Å². The lowest BCUT2D eigenvalue weighted by Gasteiger charge is -2.34. The molecular weight excluding hydrogens is 528 g/mol. The Bertz CT molecular complexity index is 1270. The number of unbranched alkanes of at least 4 members (excludes halogenated alkanes) is 2. The van der Waals surface area contributed by atoms with E-state index in [-0.39, 0.29) is 35.2 Å². The number of carbonyl (C=O) groups excluding carboxylic acids is 3. The molecule has 11 heteroatoms. The van der Waals surface area contributed by atoms with E-state index < -0.39 is 23.9 Å². The Balaban J connectivity index is 2.11. The van der Waals surface area contributed by atoms with Crippen LogP contribution in [0.1, 0.15) is 68.3 Å². The third kappa shape index (κ3) is 8.29. The topological polar surface area (TPSA) is 156 Å². The average molecular weight is 567 g/mol. The number of carbonyl (C=O) groups is 5. The van der Waals surface area contributed by atoms with Crippen molar-refractivity contribution in [3.8, 4) is 0 Å². The molecule has 0 spiro atoms. The maximum absolute atomic E-state index is 13.2. The summed E-state index contributed by atoms with van der Waals surface area (Å²) in [5, 5.41) is 25.1. The molecule has 1 unspecified atom stereocenters. The van der Waals surface area contributed by atoms with Crippen LogP contribution in [0.2, 0.25) is 0 Å². The number of nitrogens with one attached hydrogen (secondary N) is 2. The van der Waals surface area contributed by atoms with Gasteiger partial charge in [0.1, 0.15) is 6.04 Å². The number of benzene rings is 2. The van der Waals surface area contributed by atoms with Gasteiger partial charge < -0.3 is 25.7 Å². The summed E-state index contributed by atoms with van der Waals surface area (Å²) in [6.45, 7) is 5.20. The quantitative estimate of drug-likeness (QED) is 0.225. The van der Waals surface area contributed by atoms with Gasteiger partial charge in [-0.15, -0.1) is 0 Å². The van der Waals surface area contributed by atoms with Crippen LogP contribution in [0.3, 0.4) is 0 Å². The summed E-state index contributed by atoms with van der Waals surface area (Å²) in [4.78, 5) is 65.2. The number of hydrogen-bond acceptors (Lipinski definition) is 6. The zero-order valence-corrected chi connectivity index (χ0v) is 23.5. The zero-order valence-electron chi connectivity index (χ0n) is 23.5. The van der Waals surface area contributed by atoms with Gasteiger partial charge in [0.2, 0.25) is 11.8 Å². The summed E-state index contributed by atoms with van der Waals surface area (Å²) < 4.78 is 0. The van der Waals surface area contributed by atoms with E-state index in [1.54, 1.807) is 18.2 Å². The number of aromatic carboxylic acids is 1. The van der Waals surface area contributed by atoms with Gasteiger partial charge in [-0.05, 0) is 55.5 Å². The fourth-order valence-electron chi connectivity index (χ4n) is 4.97. The van der Waals surface area contributed by atoms with Crippen molar-refractivity contribution in [2.45, 2.75) is 64.8 Å². The fraction of sp³-hybridized carbons (Fsp3) is 0.433. The molecule has 11 nitrogen and oxygen atoms in total. The average Bonchev–Trinajstić information content (AvgIpc) is 2.95. The Labute approximate surface area is 239 Å². The molecule has 3 rings (SSSR count). The first-order valence-electron chi connectivity index (χ1n) is 14.0. The maximum Gasteiger partial charge on any atom is 0.395 e. The number of para-hydroxylation sites is 1. The molecule has 3 amide bonds. The molecule has 0 aliphatic carbocycles. The summed E-state index contributed by atoms with van der Waals surface area (Å²) in [5.41, 5.74) is 0.993. The van der Waals surface area contributed by atoms with Crippen LogP contribution in [0, 0.1) is 0 Å². The number of aliphatic carboxylic acids is 1. The van der Waals surface area contributed by atoms with Crippen LogP contribution < -0.4 is 20.4 Å². The summed E-state index contributed by atoms with van der Waals surface area (Å²) in [5.74, 6) is -5.12. The third-order valence-corrected chi connectivity index (χ3v) is 6.95. The van der Waals surface area contributed by atoms with E-state index in [0.717, 1.165) is 43.4 Å². The van der Waals surface area contributed by atoms with Gasteiger partial charge in [0, 0.05) is 33.0 Å². The van der Waals surface area contributed by atoms with Gasteiger partial charge in [0.05, 0.1) is 22.6 Å². The maximum atomic E-state index is 13.2. The molecule has 0 bridgehead atoms. The van der Waals surface area contributed by atoms with Crippen molar-refractivity contribution < 1.29 is 34.2 Å². The van der Waals surface area contributed by atoms with Crippen molar-refractivity contribution in [1.29, 1.82) is 0 Å². The monoisotopic (exact) mass is 566 g/mol. The van der Waals surface area contributed by atoms with Crippen molar-refractivity contribution in [1.82, 2.24) is 10.6 Å². The second-order valence-corrected chi connectivity index (χ2v) is 10.1. The van der Waals surface area contributed by atoms with Crippen LogP contribution in [0.25, 0.3) is 0 Å². The largest absolute Gasteiger partial charge is 0.478 e. The lowest BCUT2D eigenvalue weighted by molar-refractivity contribution is -0.148. The number of amides is 3. The molecule has 0 radical (unpaired) electrons. The first-order valence-corrected chi connectivity index (χ1v) is 14.0. The van der Waals surface area contributed by atoms with Gasteiger partial charge in [-0.3, -0.25) is 19.3 Å². The Morgan fingerprint density at radius 1 is 0.951 bits per heavy atom. The Morgan fingerprint density at radius 2 is 1.66 bits per heavy atom. The summed E-state index contributed by atoms with van der Waals surface area (Å²) in [6.07, 6.45) is 5.67. The number of rotatable bonds is 12. The molecule has 41 heavy (non-hydrogen) atoms. The van der Waals surface area contributed by atoms with E-state index in [1.807, 2.05) is 4.90 Å². The molecule has 2 aromatic rings. The lowest BCUT2D eigenvalue weighted by atomic mass is 10.0. The Hall–Kier alpha value is -4.41. The highest BCUT2D eigenvalue weighted by Gasteiger charge is 2.32. The molecule has 1 atom stereocenters. The summed E-state index contributed by atoms with van der Waals surface area (Å²) >= 11 is 0. The normalized spacial score (nSPS) is 13.7.